The lowest BCUT2D eigenvalue weighted by molar-refractivity contribution is -0.145. The molecule has 4 atom stereocenters. The first-order chi connectivity index (χ1) is 55.1. The molecule has 0 radical (unpaired) electrons. The number of hydrogen-bond donors (Lipinski definition) is 6. The van der Waals surface area contributed by atoms with Crippen LogP contribution in [0.3, 0.4) is 0 Å². The summed E-state index contributed by atoms with van der Waals surface area (Å²) in [6.07, 6.45) is -3.79. The maximum Gasteiger partial charge on any atom is 0.336 e. The van der Waals surface area contributed by atoms with Gasteiger partial charge >= 0.3 is 5.97 Å². The highest BCUT2D eigenvalue weighted by molar-refractivity contribution is 14.1. The fourth-order valence-corrected chi connectivity index (χ4v) is 12.3. The summed E-state index contributed by atoms with van der Waals surface area (Å²) in [5, 5.41) is 44.8. The minimum absolute atomic E-state index is 0.0139. The van der Waals surface area contributed by atoms with Crippen LogP contribution in [0, 0.1) is 84.1 Å². The molecule has 7 N–H and O–H groups in total. The zero-order valence-electron chi connectivity index (χ0n) is 64.7. The lowest BCUT2D eigenvalue weighted by Crippen LogP contribution is -2.25. The van der Waals surface area contributed by atoms with Crippen molar-refractivity contribution in [2.24, 2.45) is 5.90 Å². The van der Waals surface area contributed by atoms with Crippen LogP contribution in [0.2, 0.25) is 0 Å². The molecule has 0 amide bonds. The third-order valence-electron chi connectivity index (χ3n) is 15.9. The smallest absolute Gasteiger partial charge is 0.336 e. The highest BCUT2D eigenvalue weighted by Gasteiger charge is 2.34. The molecule has 2 fully saturated rings. The van der Waals surface area contributed by atoms with Gasteiger partial charge in [0.25, 0.3) is 0 Å². The average molecular weight is 2090 g/mol. The molecule has 8 aromatic rings. The maximum atomic E-state index is 14.4. The predicted molar refractivity (Wildman–Crippen MR) is 434 cm³/mol. The van der Waals surface area contributed by atoms with Gasteiger partial charge in [-0.2, -0.15) is 9.73 Å². The van der Waals surface area contributed by atoms with Gasteiger partial charge < -0.3 is 63.5 Å². The lowest BCUT2D eigenvalue weighted by Gasteiger charge is -2.17. The number of rotatable bonds is 28. The molecule has 0 saturated carbocycles. The molecule has 2 aliphatic heterocycles. The zero-order valence-corrected chi connectivity index (χ0v) is 71.2. The molecule has 0 aromatic heterocycles. The van der Waals surface area contributed by atoms with Gasteiger partial charge in [0.1, 0.15) is 67.5 Å². The normalized spacial score (nSPS) is 15.2. The van der Waals surface area contributed by atoms with Crippen LogP contribution in [0.15, 0.2) is 121 Å². The predicted octanol–water partition coefficient (Wildman–Crippen LogP) is 15.5. The second kappa shape index (κ2) is 48.9. The van der Waals surface area contributed by atoms with E-state index in [-0.39, 0.29) is 131 Å². The quantitative estimate of drug-likeness (QED) is 0.00874. The summed E-state index contributed by atoms with van der Waals surface area (Å²) >= 11 is 7.71. The molecule has 35 heteroatoms. The van der Waals surface area contributed by atoms with Gasteiger partial charge in [-0.15, -0.1) is 0 Å². The number of carboxylic acids is 1. The second-order valence-electron chi connectivity index (χ2n) is 25.2. The molecule has 0 spiro atoms. The standard InChI is InChI=1S/C21H20F3IO4.2C18H16F3IO4.C14H8F3IO2.C6H13NO3.C2H6.H3P/c1-21(2)28-10-14(29-21)9-27-11-19(26)15-5-6-17(22)20(24)16(15)7-12-3-4-13(25)8-18(12)23;2*19-15-4-3-13(17(25)9-26-8-12(24)7-23)14(18(15)21)5-10-1-2-11(22)6-16(10)20;15-11-4-3-9(14(19)20)10(13(11)17)5-7-1-2-8(18)6-12(7)16;1-6(2)8-3-5(10-6)4-9-7;1-2;/h3-6,8,14H,7,9-11H2,1-2H3;2*1-4,6,12,23-24H,5,7-9H2;1-4,6H,5H2,(H,19,20);5H,3-4,7H2,1-2H3;1-2H3;1H3/t14-;2*12-;;5-;;/m011.1../s1/i;;;;;;1T3. The number of nitrogens with two attached hydrogens (primary N) is 1. The molecule has 18 nitrogen and oxygen atoms in total. The maximum absolute atomic E-state index is 14.4. The molecule has 2 heterocycles. The largest absolute Gasteiger partial charge is 0.478 e. The van der Waals surface area contributed by atoms with Crippen molar-refractivity contribution >= 4 is 123 Å². The van der Waals surface area contributed by atoms with E-state index in [4.69, 9.17) is 58.2 Å². The number of ether oxygens (including phenoxy) is 7. The van der Waals surface area contributed by atoms with Crippen LogP contribution in [0.25, 0.3) is 0 Å². The molecule has 8 aromatic carbocycles. The summed E-state index contributed by atoms with van der Waals surface area (Å²) in [6, 6.07) is 25.0. The monoisotopic (exact) mass is 2090 g/mol. The van der Waals surface area contributed by atoms with Crippen molar-refractivity contribution in [3.63, 3.8) is 0 Å². The number of aliphatic hydroxyl groups is 4. The first-order valence-corrected chi connectivity index (χ1v) is 38.4. The number of ketones is 3. The van der Waals surface area contributed by atoms with Crippen molar-refractivity contribution in [3.05, 3.63) is 272 Å². The molecule has 2 saturated heterocycles. The number of carboxylic acid groups (broad SMARTS) is 1. The number of halogens is 16. The van der Waals surface area contributed by atoms with Gasteiger partial charge in [-0.1, -0.05) is 38.1 Å². The molecule has 2 aliphatic rings. The highest BCUT2D eigenvalue weighted by atomic mass is 127. The minimum atomic E-state index is -1.87. The Labute approximate surface area is 711 Å². The second-order valence-corrected chi connectivity index (χ2v) is 30.2. The Morgan fingerprint density at radius 2 is 0.719 bits per heavy atom. The third-order valence-corrected chi connectivity index (χ3v) is 18.6. The van der Waals surface area contributed by atoms with Gasteiger partial charge in [0.05, 0.1) is 62.3 Å². The summed E-state index contributed by atoms with van der Waals surface area (Å²) in [5.74, 6) is -11.2. The number of carbonyl (C=O) groups excluding carboxylic acids is 3. The molecular formula is C79H82F12I4NO17P. The summed E-state index contributed by atoms with van der Waals surface area (Å²) < 4.78 is 224. The third kappa shape index (κ3) is 31.5. The van der Waals surface area contributed by atoms with Crippen LogP contribution in [-0.2, 0) is 63.7 Å². The topological polar surface area (TPSA) is 269 Å². The van der Waals surface area contributed by atoms with Crippen LogP contribution >= 0.6 is 100 Å². The number of hydrogen-bond acceptors (Lipinski definition) is 17. The zero-order chi connectivity index (χ0) is 87.8. The van der Waals surface area contributed by atoms with Crippen LogP contribution in [0.4, 0.5) is 52.7 Å². The minimum Gasteiger partial charge on any atom is -0.478 e. The fraction of sp³-hybridized carbons (Fsp3) is 0.342. The molecule has 10 rings (SSSR count). The van der Waals surface area contributed by atoms with E-state index in [9.17, 15) is 82.1 Å². The number of aromatic carboxylic acids is 1. The summed E-state index contributed by atoms with van der Waals surface area (Å²) in [5.41, 5.74) is -1.21. The molecule has 114 heavy (non-hydrogen) atoms. The van der Waals surface area contributed by atoms with Gasteiger partial charge in [-0.25, -0.2) is 63.4 Å². The van der Waals surface area contributed by atoms with Gasteiger partial charge in [0.2, 0.25) is 0 Å². The van der Waals surface area contributed by atoms with E-state index in [1.807, 2.05) is 118 Å². The first kappa shape index (κ1) is 95.4. The van der Waals surface area contributed by atoms with E-state index >= 15 is 0 Å². The van der Waals surface area contributed by atoms with Crippen molar-refractivity contribution in [2.75, 3.05) is 72.7 Å². The van der Waals surface area contributed by atoms with Gasteiger partial charge in [-0.05, 0) is 237 Å². The summed E-state index contributed by atoms with van der Waals surface area (Å²) in [7, 11) is -1.87. The van der Waals surface area contributed by atoms with Gasteiger partial charge in [0, 0.05) is 78.9 Å². The van der Waals surface area contributed by atoms with Crippen LogP contribution < -0.4 is 5.90 Å². The first-order valence-electron chi connectivity index (χ1n) is 35.4. The van der Waals surface area contributed by atoms with E-state index in [0.717, 1.165) is 42.5 Å². The number of aliphatic hydroxyl groups excluding tert-OH is 4. The van der Waals surface area contributed by atoms with Crippen molar-refractivity contribution < 1.29 is 135 Å². The van der Waals surface area contributed by atoms with Crippen LogP contribution in [0.1, 0.15) is 127 Å². The number of carbonyl (C=O) groups is 4. The van der Waals surface area contributed by atoms with Crippen LogP contribution in [0.5, 0.6) is 0 Å². The SMILES string of the molecule is CC.CC1(C)OC[C@H](COCC(=O)c2ccc(F)c(F)c2Cc2ccc(I)cc2F)O1.CC1(C)OC[C@H](CON)O1.O=C(COC[C@H](O)CO)c1ccc(F)c(F)c1Cc1ccc(I)cc1F.O=C(COC[C@H](O)CO)c1ccc(F)c(F)c1Cc1ccc(I)cc1F.O=C(O)c1ccc(F)c(F)c1Cc1ccc(I)cc1F.[3H]P([3H])[3H]. The average Bonchev–Trinajstić information content (AvgIpc) is 1.56. The Kier molecular flexibility index (Phi) is 41.0. The molecule has 622 valence electrons. The van der Waals surface area contributed by atoms with E-state index in [0.29, 0.717) is 34.1 Å². The number of benzene rings is 8. The Morgan fingerprint density at radius 1 is 0.456 bits per heavy atom. The Bertz CT molecular complexity index is 4500. The van der Waals surface area contributed by atoms with Crippen molar-refractivity contribution in [3.8, 4) is 0 Å². The fourth-order valence-electron chi connectivity index (χ4n) is 10.5. The molecule has 0 unspecified atom stereocenters. The highest BCUT2D eigenvalue weighted by Crippen LogP contribution is 2.30. The molecule has 0 aliphatic carbocycles. The van der Waals surface area contributed by atoms with Crippen molar-refractivity contribution in [1.29, 1.82) is 3.84 Å². The summed E-state index contributed by atoms with van der Waals surface area (Å²) in [4.78, 5) is 52.6. The van der Waals surface area contributed by atoms with Gasteiger partial charge in [-0.3, -0.25) is 14.4 Å². The van der Waals surface area contributed by atoms with E-state index < -0.39 is 153 Å². The summed E-state index contributed by atoms with van der Waals surface area (Å²) in [6.45, 7) is 9.73. The molecule has 0 bridgehead atoms. The Balaban J connectivity index is 0.000000310. The molecular weight excluding hydrogens is 2000 g/mol. The van der Waals surface area contributed by atoms with Crippen molar-refractivity contribution in [1.82, 2.24) is 0 Å². The lowest BCUT2D eigenvalue weighted by atomic mass is 9.96. The Morgan fingerprint density at radius 3 is 0.965 bits per heavy atom. The van der Waals surface area contributed by atoms with Crippen molar-refractivity contribution in [2.45, 2.75) is 103 Å². The van der Waals surface area contributed by atoms with E-state index in [1.54, 1.807) is 38.1 Å². The Hall–Kier alpha value is -5.77. The number of Topliss-reactive ketones (excluding diaryl/α,β-unsaturated/α-hetero) is 3. The van der Waals surface area contributed by atoms with E-state index in [1.165, 1.54) is 54.6 Å². The van der Waals surface area contributed by atoms with Gasteiger partial charge in [0.15, 0.2) is 75.5 Å². The van der Waals surface area contributed by atoms with Crippen LogP contribution in [-0.4, -0.2) is 161 Å². The van der Waals surface area contributed by atoms with E-state index in [2.05, 4.69) is 4.84 Å².